The number of rotatable bonds is 12. The standard InChI is InChI=1S/C33H45N3O4S/c1-4-5-15-34-32(38)24(2)35(22-25-9-7-6-8-10-25)31(37)23-36(41(3,39)40)30-13-11-29(12-14-30)33-19-26-16-27(20-33)18-28(17-26)21-33/h6-14,24,26-28H,4-5,15-23H2,1-3H3,(H,34,38)/t24-,26?,27?,28?,33?/m0/s1. The minimum Gasteiger partial charge on any atom is -0.354 e. The molecule has 0 radical (unpaired) electrons. The Labute approximate surface area is 245 Å². The van der Waals surface area contributed by atoms with Crippen LogP contribution in [0.2, 0.25) is 0 Å². The second-order valence-corrected chi connectivity index (χ2v) is 14.7. The number of hydrogen-bond acceptors (Lipinski definition) is 4. The van der Waals surface area contributed by atoms with Crippen LogP contribution >= 0.6 is 0 Å². The van der Waals surface area contributed by atoms with Crippen LogP contribution in [0.25, 0.3) is 0 Å². The van der Waals surface area contributed by atoms with E-state index in [0.29, 0.717) is 12.2 Å². The van der Waals surface area contributed by atoms with Crippen molar-refractivity contribution in [3.05, 3.63) is 65.7 Å². The van der Waals surface area contributed by atoms with Gasteiger partial charge in [0, 0.05) is 13.1 Å². The smallest absolute Gasteiger partial charge is 0.244 e. The third-order valence-electron chi connectivity index (χ3n) is 9.68. The molecule has 7 nitrogen and oxygen atoms in total. The van der Waals surface area contributed by atoms with Crippen molar-refractivity contribution >= 4 is 27.5 Å². The van der Waals surface area contributed by atoms with Crippen LogP contribution < -0.4 is 9.62 Å². The summed E-state index contributed by atoms with van der Waals surface area (Å²) in [6.07, 6.45) is 10.8. The van der Waals surface area contributed by atoms with Gasteiger partial charge in [0.15, 0.2) is 0 Å². The summed E-state index contributed by atoms with van der Waals surface area (Å²) < 4.78 is 27.2. The van der Waals surface area contributed by atoms with E-state index in [9.17, 15) is 18.0 Å². The molecule has 0 saturated heterocycles. The molecule has 4 bridgehead atoms. The molecule has 0 unspecified atom stereocenters. The quantitative estimate of drug-likeness (QED) is 0.348. The lowest BCUT2D eigenvalue weighted by atomic mass is 9.48. The Morgan fingerprint density at radius 2 is 1.54 bits per heavy atom. The number of carbonyl (C=O) groups excluding carboxylic acids is 2. The Balaban J connectivity index is 1.36. The van der Waals surface area contributed by atoms with Crippen molar-refractivity contribution in [2.45, 2.75) is 83.2 Å². The van der Waals surface area contributed by atoms with Crippen LogP contribution in [0.3, 0.4) is 0 Å². The Hall–Kier alpha value is -2.87. The van der Waals surface area contributed by atoms with Gasteiger partial charge in [-0.15, -0.1) is 0 Å². The van der Waals surface area contributed by atoms with E-state index >= 15 is 0 Å². The summed E-state index contributed by atoms with van der Waals surface area (Å²) in [5.74, 6) is 1.81. The number of amides is 2. The van der Waals surface area contributed by atoms with Gasteiger partial charge in [-0.2, -0.15) is 0 Å². The SMILES string of the molecule is CCCCNC(=O)[C@H](C)N(Cc1ccccc1)C(=O)CN(c1ccc(C23CC4CC(CC(C4)C2)C3)cc1)S(C)(=O)=O. The molecule has 0 spiro atoms. The average Bonchev–Trinajstić information content (AvgIpc) is 2.93. The maximum Gasteiger partial charge on any atom is 0.244 e. The Morgan fingerprint density at radius 3 is 2.07 bits per heavy atom. The van der Waals surface area contributed by atoms with E-state index in [0.717, 1.165) is 42.4 Å². The normalized spacial score (nSPS) is 25.5. The maximum absolute atomic E-state index is 13.8. The molecule has 0 heterocycles. The van der Waals surface area contributed by atoms with E-state index in [1.807, 2.05) is 42.5 Å². The number of hydrogen-bond donors (Lipinski definition) is 1. The molecule has 0 aromatic heterocycles. The Morgan fingerprint density at radius 1 is 0.951 bits per heavy atom. The molecule has 6 rings (SSSR count). The second-order valence-electron chi connectivity index (χ2n) is 12.8. The first-order chi connectivity index (χ1) is 19.6. The fourth-order valence-corrected chi connectivity index (χ4v) is 8.81. The number of unbranched alkanes of at least 4 members (excludes halogenated alkanes) is 1. The van der Waals surface area contributed by atoms with Crippen molar-refractivity contribution in [2.24, 2.45) is 17.8 Å². The van der Waals surface area contributed by atoms with Gasteiger partial charge in [-0.25, -0.2) is 8.42 Å². The van der Waals surface area contributed by atoms with E-state index in [2.05, 4.69) is 24.4 Å². The predicted octanol–water partition coefficient (Wildman–Crippen LogP) is 5.25. The summed E-state index contributed by atoms with van der Waals surface area (Å²) in [4.78, 5) is 28.2. The first kappa shape index (κ1) is 29.6. The molecule has 2 aromatic rings. The van der Waals surface area contributed by atoms with Gasteiger partial charge in [0.25, 0.3) is 0 Å². The van der Waals surface area contributed by atoms with Crippen molar-refractivity contribution in [3.8, 4) is 0 Å². The van der Waals surface area contributed by atoms with Crippen molar-refractivity contribution in [2.75, 3.05) is 23.7 Å². The summed E-state index contributed by atoms with van der Waals surface area (Å²) in [7, 11) is -3.76. The van der Waals surface area contributed by atoms with Crippen molar-refractivity contribution in [1.29, 1.82) is 0 Å². The Kier molecular flexibility index (Phi) is 8.78. The molecule has 4 aliphatic rings. The molecule has 1 atom stereocenters. The fraction of sp³-hybridized carbons (Fsp3) is 0.576. The summed E-state index contributed by atoms with van der Waals surface area (Å²) in [6, 6.07) is 16.6. The third-order valence-corrected chi connectivity index (χ3v) is 10.8. The summed E-state index contributed by atoms with van der Waals surface area (Å²) in [5, 5.41) is 2.92. The lowest BCUT2D eigenvalue weighted by Gasteiger charge is -2.57. The van der Waals surface area contributed by atoms with E-state index < -0.39 is 22.0 Å². The topological polar surface area (TPSA) is 86.8 Å². The third kappa shape index (κ3) is 6.63. The molecule has 0 aliphatic heterocycles. The van der Waals surface area contributed by atoms with Crippen molar-refractivity contribution in [3.63, 3.8) is 0 Å². The lowest BCUT2D eigenvalue weighted by Crippen LogP contribution is -2.51. The molecule has 4 fully saturated rings. The number of carbonyl (C=O) groups is 2. The molecule has 4 saturated carbocycles. The highest BCUT2D eigenvalue weighted by molar-refractivity contribution is 7.92. The first-order valence-corrected chi connectivity index (χ1v) is 17.1. The van der Waals surface area contributed by atoms with Crippen molar-refractivity contribution < 1.29 is 18.0 Å². The van der Waals surface area contributed by atoms with Gasteiger partial charge in [0.2, 0.25) is 21.8 Å². The van der Waals surface area contributed by atoms with Gasteiger partial charge >= 0.3 is 0 Å². The molecule has 2 aromatic carbocycles. The van der Waals surface area contributed by atoms with Gasteiger partial charge in [-0.1, -0.05) is 55.8 Å². The van der Waals surface area contributed by atoms with Gasteiger partial charge in [0.05, 0.1) is 11.9 Å². The summed E-state index contributed by atoms with van der Waals surface area (Å²) in [5.41, 5.74) is 2.88. The zero-order valence-corrected chi connectivity index (χ0v) is 25.5. The van der Waals surface area contributed by atoms with Crippen LogP contribution in [-0.4, -0.2) is 50.5 Å². The number of nitrogens with one attached hydrogen (secondary N) is 1. The molecule has 41 heavy (non-hydrogen) atoms. The van der Waals surface area contributed by atoms with Crippen LogP contribution in [0, 0.1) is 17.8 Å². The molecule has 8 heteroatoms. The van der Waals surface area contributed by atoms with Gasteiger partial charge in [0.1, 0.15) is 12.6 Å². The van der Waals surface area contributed by atoms with E-state index in [1.54, 1.807) is 6.92 Å². The molecule has 2 amide bonds. The zero-order valence-electron chi connectivity index (χ0n) is 24.7. The minimum atomic E-state index is -3.76. The molecular weight excluding hydrogens is 534 g/mol. The zero-order chi connectivity index (χ0) is 29.2. The molecule has 4 aliphatic carbocycles. The van der Waals surface area contributed by atoms with E-state index in [4.69, 9.17) is 0 Å². The number of benzene rings is 2. The highest BCUT2D eigenvalue weighted by Gasteiger charge is 2.51. The Bertz CT molecular complexity index is 1290. The van der Waals surface area contributed by atoms with E-state index in [1.165, 1.54) is 53.3 Å². The van der Waals surface area contributed by atoms with Crippen LogP contribution in [0.4, 0.5) is 5.69 Å². The average molecular weight is 580 g/mol. The number of anilines is 1. The highest BCUT2D eigenvalue weighted by Crippen LogP contribution is 2.60. The minimum absolute atomic E-state index is 0.213. The van der Waals surface area contributed by atoms with Crippen LogP contribution in [-0.2, 0) is 31.6 Å². The maximum atomic E-state index is 13.8. The van der Waals surface area contributed by atoms with E-state index in [-0.39, 0.29) is 24.4 Å². The van der Waals surface area contributed by atoms with Crippen molar-refractivity contribution in [1.82, 2.24) is 10.2 Å². The monoisotopic (exact) mass is 579 g/mol. The van der Waals surface area contributed by atoms with Gasteiger partial charge in [-0.05, 0) is 98.3 Å². The van der Waals surface area contributed by atoms with Gasteiger partial charge < -0.3 is 10.2 Å². The first-order valence-electron chi connectivity index (χ1n) is 15.3. The molecule has 222 valence electrons. The number of sulfonamides is 1. The summed E-state index contributed by atoms with van der Waals surface area (Å²) >= 11 is 0. The summed E-state index contributed by atoms with van der Waals surface area (Å²) in [6.45, 7) is 4.14. The molecule has 1 N–H and O–H groups in total. The second kappa shape index (κ2) is 12.2. The van der Waals surface area contributed by atoms with Crippen LogP contribution in [0.15, 0.2) is 54.6 Å². The largest absolute Gasteiger partial charge is 0.354 e. The lowest BCUT2D eigenvalue weighted by molar-refractivity contribution is -0.139. The highest BCUT2D eigenvalue weighted by atomic mass is 32.2. The predicted molar refractivity (Wildman–Crippen MR) is 163 cm³/mol. The van der Waals surface area contributed by atoms with Gasteiger partial charge in [-0.3, -0.25) is 13.9 Å². The fourth-order valence-electron chi connectivity index (χ4n) is 7.96. The van der Waals surface area contributed by atoms with Crippen LogP contribution in [0.1, 0.15) is 76.3 Å². The molecular formula is C33H45N3O4S. The number of nitrogens with zero attached hydrogens (tertiary/aromatic N) is 2. The van der Waals surface area contributed by atoms with Crippen LogP contribution in [0.5, 0.6) is 0 Å².